The van der Waals surface area contributed by atoms with Gasteiger partial charge in [0.1, 0.15) is 5.82 Å². The van der Waals surface area contributed by atoms with Crippen molar-refractivity contribution in [2.24, 2.45) is 4.99 Å². The van der Waals surface area contributed by atoms with Crippen molar-refractivity contribution in [3.05, 3.63) is 42.4 Å². The van der Waals surface area contributed by atoms with Gasteiger partial charge >= 0.3 is 0 Å². The topological polar surface area (TPSA) is 24.4 Å². The molecule has 1 aliphatic heterocycles. The minimum atomic E-state index is -0.214. The highest BCUT2D eigenvalue weighted by Gasteiger charge is 2.06. The molecule has 2 nitrogen and oxygen atoms in total. The minimum Gasteiger partial charge on any atom is -0.361 e. The molecule has 0 aliphatic carbocycles. The lowest BCUT2D eigenvalue weighted by molar-refractivity contribution is 0.626. The quantitative estimate of drug-likeness (QED) is 0.807. The van der Waals surface area contributed by atoms with Gasteiger partial charge in [0.05, 0.1) is 0 Å². The van der Waals surface area contributed by atoms with Gasteiger partial charge in [-0.05, 0) is 30.3 Å². The summed E-state index contributed by atoms with van der Waals surface area (Å²) in [5.41, 5.74) is -0.00883. The smallest absolute Gasteiger partial charge is 0.170 e. The molecule has 0 spiro atoms. The molecule has 0 amide bonds. The fraction of sp³-hybridized carbons (Fsp3) is 0.100. The van der Waals surface area contributed by atoms with Crippen LogP contribution < -0.4 is 5.32 Å². The van der Waals surface area contributed by atoms with Crippen LogP contribution >= 0.6 is 11.8 Å². The van der Waals surface area contributed by atoms with Gasteiger partial charge in [-0.3, -0.25) is 4.99 Å². The average molecular weight is 208 g/mol. The SMILES string of the molecule is Fc1ccc(SC2N=CC=CN2)cc1. The Labute approximate surface area is 85.9 Å². The number of benzene rings is 1. The molecule has 1 atom stereocenters. The summed E-state index contributed by atoms with van der Waals surface area (Å²) in [5, 5.41) is 3.07. The van der Waals surface area contributed by atoms with Crippen molar-refractivity contribution < 1.29 is 4.39 Å². The Balaban J connectivity index is 2.00. The average Bonchev–Trinajstić information content (AvgIpc) is 2.23. The predicted molar refractivity (Wildman–Crippen MR) is 56.8 cm³/mol. The molecule has 0 bridgehead atoms. The van der Waals surface area contributed by atoms with Gasteiger partial charge < -0.3 is 5.32 Å². The lowest BCUT2D eigenvalue weighted by Crippen LogP contribution is -2.20. The van der Waals surface area contributed by atoms with Gasteiger partial charge in [0.25, 0.3) is 0 Å². The first kappa shape index (κ1) is 9.27. The molecular weight excluding hydrogens is 199 g/mol. The molecule has 1 N–H and O–H groups in total. The van der Waals surface area contributed by atoms with Gasteiger partial charge in [0.2, 0.25) is 0 Å². The Morgan fingerprint density at radius 1 is 1.29 bits per heavy atom. The molecule has 0 fully saturated rings. The molecule has 1 aliphatic rings. The third kappa shape index (κ3) is 2.35. The van der Waals surface area contributed by atoms with E-state index >= 15 is 0 Å². The van der Waals surface area contributed by atoms with Crippen molar-refractivity contribution in [1.82, 2.24) is 5.32 Å². The summed E-state index contributed by atoms with van der Waals surface area (Å²) < 4.78 is 12.6. The van der Waals surface area contributed by atoms with Crippen LogP contribution in [0.4, 0.5) is 4.39 Å². The van der Waals surface area contributed by atoms with E-state index in [1.54, 1.807) is 30.1 Å². The van der Waals surface area contributed by atoms with E-state index in [9.17, 15) is 4.39 Å². The molecule has 1 aromatic carbocycles. The summed E-state index contributed by atoms with van der Waals surface area (Å²) in [6.45, 7) is 0. The second-order valence-electron chi connectivity index (χ2n) is 2.75. The van der Waals surface area contributed by atoms with Gasteiger partial charge in [0, 0.05) is 17.3 Å². The van der Waals surface area contributed by atoms with E-state index in [2.05, 4.69) is 10.3 Å². The van der Waals surface area contributed by atoms with E-state index < -0.39 is 0 Å². The summed E-state index contributed by atoms with van der Waals surface area (Å²) in [6, 6.07) is 6.39. The number of rotatable bonds is 2. The lowest BCUT2D eigenvalue weighted by Gasteiger charge is -2.13. The van der Waals surface area contributed by atoms with Crippen LogP contribution in [0.5, 0.6) is 0 Å². The van der Waals surface area contributed by atoms with Crippen LogP contribution in [0.3, 0.4) is 0 Å². The van der Waals surface area contributed by atoms with E-state index in [4.69, 9.17) is 0 Å². The molecule has 1 unspecified atom stereocenters. The van der Waals surface area contributed by atoms with E-state index in [0.29, 0.717) is 0 Å². The first-order valence-electron chi connectivity index (χ1n) is 4.21. The van der Waals surface area contributed by atoms with Crippen molar-refractivity contribution in [1.29, 1.82) is 0 Å². The largest absolute Gasteiger partial charge is 0.361 e. The zero-order chi connectivity index (χ0) is 9.80. The van der Waals surface area contributed by atoms with Gasteiger partial charge in [-0.2, -0.15) is 0 Å². The van der Waals surface area contributed by atoms with Crippen LogP contribution in [0.25, 0.3) is 0 Å². The van der Waals surface area contributed by atoms with Crippen molar-refractivity contribution in [3.8, 4) is 0 Å². The maximum absolute atomic E-state index is 12.6. The first-order chi connectivity index (χ1) is 6.84. The number of allylic oxidation sites excluding steroid dienone is 1. The van der Waals surface area contributed by atoms with Crippen LogP contribution in [-0.4, -0.2) is 11.7 Å². The standard InChI is InChI=1S/C10H9FN2S/c11-8-2-4-9(5-3-8)14-10-12-6-1-7-13-10/h1-7,10,12H. The molecule has 1 aromatic rings. The number of aliphatic imine (C=N–C) groups is 1. The number of hydrogen-bond acceptors (Lipinski definition) is 3. The number of halogens is 1. The molecule has 72 valence electrons. The monoisotopic (exact) mass is 208 g/mol. The van der Waals surface area contributed by atoms with E-state index in [-0.39, 0.29) is 11.3 Å². The lowest BCUT2D eigenvalue weighted by atomic mass is 10.4. The highest BCUT2D eigenvalue weighted by atomic mass is 32.2. The second kappa shape index (κ2) is 4.28. The van der Waals surface area contributed by atoms with Crippen LogP contribution in [0.2, 0.25) is 0 Å². The zero-order valence-electron chi connectivity index (χ0n) is 7.35. The zero-order valence-corrected chi connectivity index (χ0v) is 8.17. The fourth-order valence-electron chi connectivity index (χ4n) is 1.06. The van der Waals surface area contributed by atoms with Crippen LogP contribution in [0.1, 0.15) is 0 Å². The van der Waals surface area contributed by atoms with Crippen LogP contribution in [-0.2, 0) is 0 Å². The van der Waals surface area contributed by atoms with Gasteiger partial charge in [-0.25, -0.2) is 4.39 Å². The van der Waals surface area contributed by atoms with Crippen molar-refractivity contribution in [2.45, 2.75) is 10.4 Å². The number of hydrogen-bond donors (Lipinski definition) is 1. The van der Waals surface area contributed by atoms with Crippen LogP contribution in [0.15, 0.2) is 46.4 Å². The molecule has 0 saturated carbocycles. The Morgan fingerprint density at radius 3 is 2.71 bits per heavy atom. The Bertz CT molecular complexity index is 359. The highest BCUT2D eigenvalue weighted by molar-refractivity contribution is 7.99. The van der Waals surface area contributed by atoms with Gasteiger partial charge in [-0.15, -0.1) is 0 Å². The Morgan fingerprint density at radius 2 is 2.07 bits per heavy atom. The number of nitrogens with zero attached hydrogens (tertiary/aromatic N) is 1. The molecule has 4 heteroatoms. The third-order valence-electron chi connectivity index (χ3n) is 1.70. The normalized spacial score (nSPS) is 19.4. The fourth-order valence-corrected chi connectivity index (χ4v) is 1.89. The summed E-state index contributed by atoms with van der Waals surface area (Å²) in [7, 11) is 0. The molecular formula is C10H9FN2S. The Kier molecular flexibility index (Phi) is 2.84. The predicted octanol–water partition coefficient (Wildman–Crippen LogP) is 2.39. The minimum absolute atomic E-state index is 0.00883. The molecule has 0 radical (unpaired) electrons. The molecule has 1 heterocycles. The molecule has 2 rings (SSSR count). The summed E-state index contributed by atoms with van der Waals surface area (Å²) >= 11 is 1.55. The van der Waals surface area contributed by atoms with Crippen molar-refractivity contribution in [3.63, 3.8) is 0 Å². The van der Waals surface area contributed by atoms with Crippen LogP contribution in [0, 0.1) is 5.82 Å². The van der Waals surface area contributed by atoms with E-state index in [1.807, 2.05) is 12.3 Å². The number of thioether (sulfide) groups is 1. The first-order valence-corrected chi connectivity index (χ1v) is 5.09. The summed E-state index contributed by atoms with van der Waals surface area (Å²) in [5.74, 6) is -0.214. The van der Waals surface area contributed by atoms with Crippen molar-refractivity contribution in [2.75, 3.05) is 0 Å². The summed E-state index contributed by atoms with van der Waals surface area (Å²) in [6.07, 6.45) is 5.42. The second-order valence-corrected chi connectivity index (χ2v) is 3.90. The highest BCUT2D eigenvalue weighted by Crippen LogP contribution is 2.23. The van der Waals surface area contributed by atoms with Crippen molar-refractivity contribution >= 4 is 18.0 Å². The maximum Gasteiger partial charge on any atom is 0.170 e. The number of nitrogens with one attached hydrogen (secondary N) is 1. The van der Waals surface area contributed by atoms with E-state index in [0.717, 1.165) is 4.90 Å². The van der Waals surface area contributed by atoms with E-state index in [1.165, 1.54) is 12.1 Å². The summed E-state index contributed by atoms with van der Waals surface area (Å²) in [4.78, 5) is 5.19. The molecule has 0 aromatic heterocycles. The van der Waals surface area contributed by atoms with Gasteiger partial charge in [-0.1, -0.05) is 11.8 Å². The van der Waals surface area contributed by atoms with Gasteiger partial charge in [0.15, 0.2) is 5.50 Å². The maximum atomic E-state index is 12.6. The molecule has 0 saturated heterocycles. The third-order valence-corrected chi connectivity index (χ3v) is 2.73. The molecule has 14 heavy (non-hydrogen) atoms. The Hall–Kier alpha value is -1.29.